The second-order valence-electron chi connectivity index (χ2n) is 6.98. The van der Waals surface area contributed by atoms with Crippen LogP contribution in [-0.2, 0) is 32.0 Å². The number of rotatable bonds is 11. The van der Waals surface area contributed by atoms with Crippen LogP contribution in [0.15, 0.2) is 42.9 Å². The van der Waals surface area contributed by atoms with Crippen LogP contribution in [0.2, 0.25) is 0 Å². The van der Waals surface area contributed by atoms with E-state index in [0.717, 1.165) is 5.56 Å². The number of H-pyrrole nitrogens is 1. The number of aromatic nitrogens is 2. The largest absolute Gasteiger partial charge is 0.480 e. The molecule has 0 saturated heterocycles. The summed E-state index contributed by atoms with van der Waals surface area (Å²) in [5.74, 6) is -3.01. The highest BCUT2D eigenvalue weighted by atomic mass is 16.4. The van der Waals surface area contributed by atoms with Crippen molar-refractivity contribution in [1.29, 1.82) is 0 Å². The number of carboxylic acids is 1. The van der Waals surface area contributed by atoms with Gasteiger partial charge in [-0.05, 0) is 18.9 Å². The van der Waals surface area contributed by atoms with E-state index in [1.807, 2.05) is 30.3 Å². The summed E-state index contributed by atoms with van der Waals surface area (Å²) in [6, 6.07) is 6.31. The fourth-order valence-corrected chi connectivity index (χ4v) is 2.76. The van der Waals surface area contributed by atoms with E-state index in [4.69, 9.17) is 10.8 Å². The molecule has 0 aliphatic rings. The normalized spacial score (nSPS) is 13.5. The van der Waals surface area contributed by atoms with E-state index in [0.29, 0.717) is 12.1 Å². The molecule has 11 heteroatoms. The first kappa shape index (κ1) is 23.5. The van der Waals surface area contributed by atoms with Crippen LogP contribution in [0.5, 0.6) is 0 Å². The Bertz CT molecular complexity index is 887. The van der Waals surface area contributed by atoms with Crippen LogP contribution < -0.4 is 21.7 Å². The number of aromatic amines is 1. The number of nitrogens with zero attached hydrogens (tertiary/aromatic N) is 1. The number of hydrogen-bond donors (Lipinski definition) is 6. The number of hydrogen-bond acceptors (Lipinski definition) is 6. The predicted octanol–water partition coefficient (Wildman–Crippen LogP) is -1.29. The van der Waals surface area contributed by atoms with Crippen molar-refractivity contribution in [2.75, 3.05) is 6.54 Å². The number of benzene rings is 1. The maximum atomic E-state index is 12.7. The fraction of sp³-hybridized carbons (Fsp3) is 0.350. The Labute approximate surface area is 178 Å². The zero-order chi connectivity index (χ0) is 22.8. The molecule has 3 unspecified atom stereocenters. The summed E-state index contributed by atoms with van der Waals surface area (Å²) in [5.41, 5.74) is 7.48. The molecule has 11 nitrogen and oxygen atoms in total. The highest BCUT2D eigenvalue weighted by Crippen LogP contribution is 2.04. The van der Waals surface area contributed by atoms with Gasteiger partial charge in [-0.1, -0.05) is 30.3 Å². The van der Waals surface area contributed by atoms with Crippen LogP contribution in [0.3, 0.4) is 0 Å². The maximum absolute atomic E-state index is 12.7. The summed E-state index contributed by atoms with van der Waals surface area (Å²) in [6.07, 6.45) is 3.34. The molecule has 0 saturated carbocycles. The van der Waals surface area contributed by atoms with E-state index in [2.05, 4.69) is 25.9 Å². The van der Waals surface area contributed by atoms with Crippen molar-refractivity contribution in [2.24, 2.45) is 5.73 Å². The topological polar surface area (TPSA) is 179 Å². The van der Waals surface area contributed by atoms with Crippen LogP contribution in [0.25, 0.3) is 0 Å². The maximum Gasteiger partial charge on any atom is 0.322 e. The molecule has 7 N–H and O–H groups in total. The van der Waals surface area contributed by atoms with E-state index in [1.54, 1.807) is 0 Å². The third-order valence-corrected chi connectivity index (χ3v) is 4.41. The van der Waals surface area contributed by atoms with Gasteiger partial charge in [0, 0.05) is 18.3 Å². The van der Waals surface area contributed by atoms with Gasteiger partial charge in [0.1, 0.15) is 18.6 Å². The third kappa shape index (κ3) is 7.90. The fourth-order valence-electron chi connectivity index (χ4n) is 2.76. The van der Waals surface area contributed by atoms with Gasteiger partial charge in [-0.25, -0.2) is 4.98 Å². The minimum Gasteiger partial charge on any atom is -0.480 e. The number of nitrogens with two attached hydrogens (primary N) is 1. The Kier molecular flexibility index (Phi) is 8.70. The Morgan fingerprint density at radius 3 is 2.39 bits per heavy atom. The van der Waals surface area contributed by atoms with Gasteiger partial charge in [0.15, 0.2) is 0 Å². The van der Waals surface area contributed by atoms with Gasteiger partial charge in [0.2, 0.25) is 17.7 Å². The Morgan fingerprint density at radius 1 is 1.06 bits per heavy atom. The molecule has 2 aromatic rings. The van der Waals surface area contributed by atoms with Crippen molar-refractivity contribution in [3.8, 4) is 0 Å². The van der Waals surface area contributed by atoms with Gasteiger partial charge in [-0.3, -0.25) is 19.2 Å². The Balaban J connectivity index is 2.02. The zero-order valence-electron chi connectivity index (χ0n) is 17.0. The smallest absolute Gasteiger partial charge is 0.322 e. The molecule has 0 bridgehead atoms. The number of carboxylic acid groups (broad SMARTS) is 1. The Morgan fingerprint density at radius 2 is 1.77 bits per heavy atom. The molecule has 3 amide bonds. The molecule has 2 rings (SSSR count). The minimum atomic E-state index is -1.20. The molecule has 1 heterocycles. The van der Waals surface area contributed by atoms with Gasteiger partial charge in [-0.15, -0.1) is 0 Å². The van der Waals surface area contributed by atoms with Crippen molar-refractivity contribution >= 4 is 23.7 Å². The van der Waals surface area contributed by atoms with E-state index < -0.39 is 48.4 Å². The molecular weight excluding hydrogens is 404 g/mol. The van der Waals surface area contributed by atoms with Crippen LogP contribution in [0, 0.1) is 0 Å². The predicted molar refractivity (Wildman–Crippen MR) is 111 cm³/mol. The van der Waals surface area contributed by atoms with Gasteiger partial charge in [0.25, 0.3) is 0 Å². The number of nitrogens with one attached hydrogen (secondary N) is 4. The summed E-state index contributed by atoms with van der Waals surface area (Å²) in [4.78, 5) is 54.6. The molecular formula is C20H26N6O5. The van der Waals surface area contributed by atoms with Crippen molar-refractivity contribution in [3.63, 3.8) is 0 Å². The molecule has 0 fully saturated rings. The lowest BCUT2D eigenvalue weighted by atomic mass is 10.0. The molecule has 0 spiro atoms. The molecule has 3 atom stereocenters. The van der Waals surface area contributed by atoms with Crippen molar-refractivity contribution in [1.82, 2.24) is 25.9 Å². The third-order valence-electron chi connectivity index (χ3n) is 4.41. The van der Waals surface area contributed by atoms with Crippen molar-refractivity contribution in [2.45, 2.75) is 37.9 Å². The average Bonchev–Trinajstić information content (AvgIpc) is 3.25. The molecule has 0 radical (unpaired) electrons. The minimum absolute atomic E-state index is 0.0963. The van der Waals surface area contributed by atoms with Crippen LogP contribution >= 0.6 is 0 Å². The highest BCUT2D eigenvalue weighted by molar-refractivity contribution is 5.93. The van der Waals surface area contributed by atoms with Gasteiger partial charge >= 0.3 is 5.97 Å². The van der Waals surface area contributed by atoms with Gasteiger partial charge in [-0.2, -0.15) is 0 Å². The summed E-state index contributed by atoms with van der Waals surface area (Å²) in [5, 5.41) is 15.9. The molecule has 166 valence electrons. The number of imidazole rings is 1. The molecule has 31 heavy (non-hydrogen) atoms. The van der Waals surface area contributed by atoms with E-state index >= 15 is 0 Å². The SMILES string of the molecule is CC(NC(=O)C(Cc1cnc[nH]1)NC(=O)C(N)Cc1ccccc1)C(=O)NCC(=O)O. The van der Waals surface area contributed by atoms with Crippen LogP contribution in [-0.4, -0.2) is 63.4 Å². The molecule has 0 aliphatic carbocycles. The monoisotopic (exact) mass is 430 g/mol. The standard InChI is InChI=1S/C20H26N6O5/c1-12(18(29)23-10-17(27)28)25-20(31)16(8-14-9-22-11-24-14)26-19(30)15(21)7-13-5-3-2-4-6-13/h2-6,9,11-12,15-16H,7-8,10,21H2,1H3,(H,22,24)(H,23,29)(H,25,31)(H,26,30)(H,27,28). The van der Waals surface area contributed by atoms with Crippen molar-refractivity contribution < 1.29 is 24.3 Å². The van der Waals surface area contributed by atoms with E-state index in [-0.39, 0.29) is 6.42 Å². The van der Waals surface area contributed by atoms with Crippen molar-refractivity contribution in [3.05, 3.63) is 54.1 Å². The number of amides is 3. The number of aliphatic carboxylic acids is 1. The summed E-state index contributed by atoms with van der Waals surface area (Å²) >= 11 is 0. The highest BCUT2D eigenvalue weighted by Gasteiger charge is 2.27. The Hall–Kier alpha value is -3.73. The average molecular weight is 430 g/mol. The van der Waals surface area contributed by atoms with Gasteiger partial charge < -0.3 is 31.8 Å². The quantitative estimate of drug-likeness (QED) is 0.257. The lowest BCUT2D eigenvalue weighted by Gasteiger charge is -2.22. The molecule has 1 aromatic carbocycles. The summed E-state index contributed by atoms with van der Waals surface area (Å²) < 4.78 is 0. The van der Waals surface area contributed by atoms with Crippen LogP contribution in [0.1, 0.15) is 18.2 Å². The van der Waals surface area contributed by atoms with Gasteiger partial charge in [0.05, 0.1) is 12.4 Å². The lowest BCUT2D eigenvalue weighted by Crippen LogP contribution is -2.56. The molecule has 0 aliphatic heterocycles. The molecule has 1 aromatic heterocycles. The number of carbonyl (C=O) groups is 4. The summed E-state index contributed by atoms with van der Waals surface area (Å²) in [7, 11) is 0. The first-order valence-electron chi connectivity index (χ1n) is 9.63. The second-order valence-corrected chi connectivity index (χ2v) is 6.98. The van der Waals surface area contributed by atoms with Crippen LogP contribution in [0.4, 0.5) is 0 Å². The van der Waals surface area contributed by atoms with E-state index in [1.165, 1.54) is 19.4 Å². The number of carbonyl (C=O) groups excluding carboxylic acids is 3. The first-order chi connectivity index (χ1) is 14.8. The second kappa shape index (κ2) is 11.5. The lowest BCUT2D eigenvalue weighted by molar-refractivity contribution is -0.138. The summed E-state index contributed by atoms with van der Waals surface area (Å²) in [6.45, 7) is 0.840. The van der Waals surface area contributed by atoms with E-state index in [9.17, 15) is 19.2 Å². The zero-order valence-corrected chi connectivity index (χ0v) is 17.0. The first-order valence-corrected chi connectivity index (χ1v) is 9.63.